The van der Waals surface area contributed by atoms with Gasteiger partial charge in [-0.15, -0.1) is 0 Å². The quantitative estimate of drug-likeness (QED) is 0.642. The number of nitrogens with zero attached hydrogens (tertiary/aromatic N) is 2. The first kappa shape index (κ1) is 18.2. The number of nitrogens with one attached hydrogen (secondary N) is 1. The van der Waals surface area contributed by atoms with E-state index in [0.717, 1.165) is 12.8 Å². The molecule has 2 N–H and O–H groups in total. The number of aromatic nitrogens is 2. The van der Waals surface area contributed by atoms with Crippen LogP contribution in [0, 0.1) is 6.92 Å². The Bertz CT molecular complexity index is 641. The van der Waals surface area contributed by atoms with E-state index in [1.165, 1.54) is 18.4 Å². The smallest absolute Gasteiger partial charge is 0.223 e. The van der Waals surface area contributed by atoms with Gasteiger partial charge in [0, 0.05) is 0 Å². The van der Waals surface area contributed by atoms with Crippen molar-refractivity contribution >= 4 is 5.95 Å². The molecule has 1 atom stereocenters. The molecule has 0 fully saturated rings. The zero-order chi connectivity index (χ0) is 17.5. The van der Waals surface area contributed by atoms with Gasteiger partial charge in [0.2, 0.25) is 5.95 Å². The molecule has 1 aromatic carbocycles. The van der Waals surface area contributed by atoms with Crippen LogP contribution in [0.25, 0.3) is 0 Å². The molecule has 0 bridgehead atoms. The summed E-state index contributed by atoms with van der Waals surface area (Å²) in [4.78, 5) is 8.99. The average Bonchev–Trinajstić information content (AvgIpc) is 2.57. The lowest BCUT2D eigenvalue weighted by atomic mass is 10.0. The first-order valence-electron chi connectivity index (χ1n) is 8.91. The van der Waals surface area contributed by atoms with Crippen LogP contribution in [0.2, 0.25) is 0 Å². The summed E-state index contributed by atoms with van der Waals surface area (Å²) >= 11 is 0. The fourth-order valence-corrected chi connectivity index (χ4v) is 2.82. The Morgan fingerprint density at radius 3 is 2.42 bits per heavy atom. The summed E-state index contributed by atoms with van der Waals surface area (Å²) in [5.41, 5.74) is 2.57. The van der Waals surface area contributed by atoms with Crippen LogP contribution in [0.5, 0.6) is 5.75 Å². The maximum absolute atomic E-state index is 10.2. The topological polar surface area (TPSA) is 58.0 Å². The minimum atomic E-state index is 0.155. The van der Waals surface area contributed by atoms with Gasteiger partial charge < -0.3 is 10.4 Å². The van der Waals surface area contributed by atoms with E-state index >= 15 is 0 Å². The van der Waals surface area contributed by atoms with E-state index in [0.29, 0.717) is 17.3 Å². The highest BCUT2D eigenvalue weighted by Gasteiger charge is 2.17. The number of benzene rings is 1. The normalized spacial score (nSPS) is 12.4. The molecule has 0 radical (unpaired) electrons. The predicted octanol–water partition coefficient (Wildman–Crippen LogP) is 5.35. The lowest BCUT2D eigenvalue weighted by Crippen LogP contribution is -2.14. The van der Waals surface area contributed by atoms with E-state index < -0.39 is 0 Å². The maximum atomic E-state index is 10.2. The van der Waals surface area contributed by atoms with E-state index in [9.17, 15) is 5.11 Å². The van der Waals surface area contributed by atoms with Gasteiger partial charge in [-0.3, -0.25) is 0 Å². The summed E-state index contributed by atoms with van der Waals surface area (Å²) in [5, 5.41) is 13.6. The zero-order valence-corrected chi connectivity index (χ0v) is 15.2. The van der Waals surface area contributed by atoms with Crippen LogP contribution in [0.1, 0.15) is 75.4 Å². The summed E-state index contributed by atoms with van der Waals surface area (Å²) < 4.78 is 0. The Labute approximate surface area is 145 Å². The molecule has 0 saturated heterocycles. The van der Waals surface area contributed by atoms with Crippen molar-refractivity contribution in [2.45, 2.75) is 65.3 Å². The number of aryl methyl sites for hydroxylation is 1. The van der Waals surface area contributed by atoms with Crippen LogP contribution in [-0.2, 0) is 0 Å². The molecular formula is C20H29N3O. The van der Waals surface area contributed by atoms with E-state index in [2.05, 4.69) is 46.5 Å². The molecule has 2 rings (SSSR count). The highest BCUT2D eigenvalue weighted by Crippen LogP contribution is 2.29. The molecule has 0 aliphatic rings. The van der Waals surface area contributed by atoms with Crippen LogP contribution in [0.3, 0.4) is 0 Å². The molecule has 0 aliphatic carbocycles. The number of rotatable bonds is 8. The molecular weight excluding hydrogens is 298 g/mol. The number of hydrogen-bond donors (Lipinski definition) is 2. The van der Waals surface area contributed by atoms with Crippen molar-refractivity contribution in [1.29, 1.82) is 0 Å². The Morgan fingerprint density at radius 1 is 1.08 bits per heavy atom. The third-order valence-corrected chi connectivity index (χ3v) is 4.23. The number of anilines is 1. The second-order valence-electron chi connectivity index (χ2n) is 6.62. The first-order valence-corrected chi connectivity index (χ1v) is 8.91. The van der Waals surface area contributed by atoms with Gasteiger partial charge in [-0.2, -0.15) is 0 Å². The van der Waals surface area contributed by atoms with Crippen molar-refractivity contribution in [3.8, 4) is 5.75 Å². The fraction of sp³-hybridized carbons (Fsp3) is 0.500. The Hall–Kier alpha value is -2.10. The van der Waals surface area contributed by atoms with Crippen molar-refractivity contribution in [2.24, 2.45) is 0 Å². The summed E-state index contributed by atoms with van der Waals surface area (Å²) in [6, 6.07) is 10.6. The number of hydrogen-bond acceptors (Lipinski definition) is 4. The van der Waals surface area contributed by atoms with Gasteiger partial charge in [0.05, 0.1) is 17.4 Å². The summed E-state index contributed by atoms with van der Waals surface area (Å²) in [5.74, 6) is 0.958. The zero-order valence-electron chi connectivity index (χ0n) is 15.2. The molecule has 0 amide bonds. The maximum Gasteiger partial charge on any atom is 0.223 e. The second kappa shape index (κ2) is 8.67. The largest absolute Gasteiger partial charge is 0.504 e. The summed E-state index contributed by atoms with van der Waals surface area (Å²) in [6.07, 6.45) is 4.63. The first-order chi connectivity index (χ1) is 11.5. The SMILES string of the molecule is CCCCCC(Nc1nc(C)c(O)c(C(C)C)n1)c1ccccc1. The molecule has 0 aliphatic heterocycles. The lowest BCUT2D eigenvalue weighted by molar-refractivity contribution is 0.451. The molecule has 0 spiro atoms. The van der Waals surface area contributed by atoms with Crippen molar-refractivity contribution in [2.75, 3.05) is 5.32 Å². The molecule has 0 saturated carbocycles. The number of unbranched alkanes of at least 4 members (excludes halogenated alkanes) is 2. The monoisotopic (exact) mass is 327 g/mol. The highest BCUT2D eigenvalue weighted by atomic mass is 16.3. The molecule has 1 unspecified atom stereocenters. The van der Waals surface area contributed by atoms with E-state index in [1.807, 2.05) is 26.8 Å². The minimum Gasteiger partial charge on any atom is -0.504 e. The minimum absolute atomic E-state index is 0.155. The van der Waals surface area contributed by atoms with E-state index in [4.69, 9.17) is 0 Å². The predicted molar refractivity (Wildman–Crippen MR) is 99.5 cm³/mol. The van der Waals surface area contributed by atoms with Gasteiger partial charge in [0.15, 0.2) is 5.75 Å². The van der Waals surface area contributed by atoms with E-state index in [1.54, 1.807) is 0 Å². The van der Waals surface area contributed by atoms with Gasteiger partial charge in [-0.05, 0) is 24.8 Å². The van der Waals surface area contributed by atoms with Gasteiger partial charge in [-0.1, -0.05) is 70.4 Å². The van der Waals surface area contributed by atoms with Gasteiger partial charge >= 0.3 is 0 Å². The van der Waals surface area contributed by atoms with Crippen LogP contribution >= 0.6 is 0 Å². The van der Waals surface area contributed by atoms with Gasteiger partial charge in [0.25, 0.3) is 0 Å². The molecule has 1 aromatic heterocycles. The number of aromatic hydroxyl groups is 1. The highest BCUT2D eigenvalue weighted by molar-refractivity contribution is 5.41. The third-order valence-electron chi connectivity index (χ3n) is 4.23. The molecule has 24 heavy (non-hydrogen) atoms. The summed E-state index contributed by atoms with van der Waals surface area (Å²) in [7, 11) is 0. The van der Waals surface area contributed by atoms with Crippen molar-refractivity contribution < 1.29 is 5.11 Å². The van der Waals surface area contributed by atoms with Crippen LogP contribution in [0.4, 0.5) is 5.95 Å². The standard InChI is InChI=1S/C20H29N3O/c1-5-6-8-13-17(16-11-9-7-10-12-16)22-20-21-15(4)19(24)18(23-20)14(2)3/h7,9-12,14,17,24H,5-6,8,13H2,1-4H3,(H,21,22,23). The van der Waals surface area contributed by atoms with Gasteiger partial charge in [0.1, 0.15) is 0 Å². The van der Waals surface area contributed by atoms with Crippen molar-refractivity contribution in [3.05, 3.63) is 47.3 Å². The van der Waals surface area contributed by atoms with Crippen LogP contribution < -0.4 is 5.32 Å². The Kier molecular flexibility index (Phi) is 6.59. The molecule has 130 valence electrons. The van der Waals surface area contributed by atoms with Crippen molar-refractivity contribution in [3.63, 3.8) is 0 Å². The lowest BCUT2D eigenvalue weighted by Gasteiger charge is -2.20. The van der Waals surface area contributed by atoms with Crippen LogP contribution in [0.15, 0.2) is 30.3 Å². The second-order valence-corrected chi connectivity index (χ2v) is 6.62. The third kappa shape index (κ3) is 4.70. The molecule has 2 aromatic rings. The van der Waals surface area contributed by atoms with Crippen LogP contribution in [-0.4, -0.2) is 15.1 Å². The van der Waals surface area contributed by atoms with Gasteiger partial charge in [-0.25, -0.2) is 9.97 Å². The molecule has 4 heteroatoms. The average molecular weight is 327 g/mol. The fourth-order valence-electron chi connectivity index (χ4n) is 2.82. The molecule has 1 heterocycles. The Balaban J connectivity index is 2.25. The Morgan fingerprint density at radius 2 is 1.79 bits per heavy atom. The summed E-state index contributed by atoms with van der Waals surface area (Å²) in [6.45, 7) is 8.09. The molecule has 4 nitrogen and oxygen atoms in total. The van der Waals surface area contributed by atoms with Crippen molar-refractivity contribution in [1.82, 2.24) is 9.97 Å². The van der Waals surface area contributed by atoms with E-state index in [-0.39, 0.29) is 17.7 Å².